The number of amides is 1. The number of nitrogens with zero attached hydrogens (tertiary/aromatic N) is 1. The normalized spacial score (nSPS) is 18.2. The Kier molecular flexibility index (Phi) is 4.51. The van der Waals surface area contributed by atoms with Crippen molar-refractivity contribution in [3.63, 3.8) is 0 Å². The van der Waals surface area contributed by atoms with Crippen LogP contribution in [0.3, 0.4) is 0 Å². The highest BCUT2D eigenvalue weighted by Crippen LogP contribution is 2.37. The van der Waals surface area contributed by atoms with Crippen molar-refractivity contribution in [3.05, 3.63) is 27.7 Å². The van der Waals surface area contributed by atoms with E-state index in [-0.39, 0.29) is 12.1 Å². The summed E-state index contributed by atoms with van der Waals surface area (Å²) in [6.45, 7) is 8.34. The van der Waals surface area contributed by atoms with Gasteiger partial charge >= 0.3 is 6.09 Å². The molecule has 0 saturated heterocycles. The predicted octanol–water partition coefficient (Wildman–Crippen LogP) is 4.31. The van der Waals surface area contributed by atoms with Gasteiger partial charge < -0.3 is 14.4 Å². The van der Waals surface area contributed by atoms with Crippen LogP contribution in [0.4, 0.5) is 4.79 Å². The number of ether oxygens (including phenoxy) is 2. The molecule has 1 aliphatic heterocycles. The number of carbonyl (C=O) groups is 1. The van der Waals surface area contributed by atoms with Crippen molar-refractivity contribution < 1.29 is 14.3 Å². The molecule has 1 amide bonds. The van der Waals surface area contributed by atoms with Gasteiger partial charge in [0.1, 0.15) is 11.4 Å². The second-order valence-electron chi connectivity index (χ2n) is 6.29. The van der Waals surface area contributed by atoms with Crippen LogP contribution >= 0.6 is 15.9 Å². The fraction of sp³-hybridized carbons (Fsp3) is 0.562. The van der Waals surface area contributed by atoms with E-state index >= 15 is 0 Å². The van der Waals surface area contributed by atoms with Crippen LogP contribution in [0.1, 0.15) is 44.9 Å². The third-order valence-corrected chi connectivity index (χ3v) is 4.20. The molecule has 2 rings (SSSR count). The average molecular weight is 356 g/mol. The van der Waals surface area contributed by atoms with E-state index in [4.69, 9.17) is 9.47 Å². The Labute approximate surface area is 134 Å². The average Bonchev–Trinajstić information content (AvgIpc) is 2.37. The van der Waals surface area contributed by atoms with Crippen molar-refractivity contribution >= 4 is 22.0 Å². The van der Waals surface area contributed by atoms with E-state index in [1.165, 1.54) is 5.56 Å². The third kappa shape index (κ3) is 3.51. The van der Waals surface area contributed by atoms with Gasteiger partial charge in [0.2, 0.25) is 0 Å². The molecule has 0 radical (unpaired) electrons. The number of hydrogen-bond donors (Lipinski definition) is 0. The summed E-state index contributed by atoms with van der Waals surface area (Å²) in [7, 11) is 1.66. The second kappa shape index (κ2) is 5.87. The minimum absolute atomic E-state index is 0.00851. The van der Waals surface area contributed by atoms with Gasteiger partial charge in [-0.2, -0.15) is 0 Å². The van der Waals surface area contributed by atoms with Crippen LogP contribution in [0, 0.1) is 0 Å². The van der Waals surface area contributed by atoms with Crippen molar-refractivity contribution in [3.8, 4) is 5.75 Å². The lowest BCUT2D eigenvalue weighted by molar-refractivity contribution is 0.0159. The molecule has 21 heavy (non-hydrogen) atoms. The first-order valence-corrected chi connectivity index (χ1v) is 7.88. The minimum Gasteiger partial charge on any atom is -0.496 e. The maximum atomic E-state index is 12.3. The lowest BCUT2D eigenvalue weighted by atomic mass is 9.93. The molecule has 5 heteroatoms. The van der Waals surface area contributed by atoms with Crippen molar-refractivity contribution in [1.82, 2.24) is 4.90 Å². The van der Waals surface area contributed by atoms with Gasteiger partial charge in [-0.15, -0.1) is 0 Å². The molecule has 0 spiro atoms. The maximum Gasteiger partial charge on any atom is 0.410 e. The molecule has 0 aromatic heterocycles. The Morgan fingerprint density at radius 1 is 1.38 bits per heavy atom. The Hall–Kier alpha value is -1.23. The summed E-state index contributed by atoms with van der Waals surface area (Å²) < 4.78 is 11.7. The smallest absolute Gasteiger partial charge is 0.410 e. The molecule has 1 unspecified atom stereocenters. The zero-order valence-electron chi connectivity index (χ0n) is 13.2. The van der Waals surface area contributed by atoms with Crippen molar-refractivity contribution in [2.45, 2.75) is 45.8 Å². The highest BCUT2D eigenvalue weighted by molar-refractivity contribution is 9.10. The molecule has 1 heterocycles. The third-order valence-electron chi connectivity index (χ3n) is 3.58. The van der Waals surface area contributed by atoms with Crippen LogP contribution in [0.25, 0.3) is 0 Å². The fourth-order valence-electron chi connectivity index (χ4n) is 2.55. The predicted molar refractivity (Wildman–Crippen MR) is 85.8 cm³/mol. The lowest BCUT2D eigenvalue weighted by Gasteiger charge is -2.36. The van der Waals surface area contributed by atoms with E-state index in [9.17, 15) is 4.79 Å². The van der Waals surface area contributed by atoms with Crippen LogP contribution in [0.2, 0.25) is 0 Å². The first-order valence-electron chi connectivity index (χ1n) is 7.09. The molecule has 1 aromatic carbocycles. The number of methoxy groups -OCH3 is 1. The quantitative estimate of drug-likeness (QED) is 0.753. The Balaban J connectivity index is 2.26. The maximum absolute atomic E-state index is 12.3. The Morgan fingerprint density at radius 3 is 2.62 bits per heavy atom. The molecule has 0 N–H and O–H groups in total. The zero-order valence-corrected chi connectivity index (χ0v) is 14.8. The molecule has 4 nitrogen and oxygen atoms in total. The molecule has 0 fully saturated rings. The second-order valence-corrected chi connectivity index (χ2v) is 7.14. The zero-order chi connectivity index (χ0) is 15.8. The van der Waals surface area contributed by atoms with Crippen LogP contribution < -0.4 is 4.74 Å². The fourth-order valence-corrected chi connectivity index (χ4v) is 3.07. The summed E-state index contributed by atoms with van der Waals surface area (Å²) >= 11 is 3.51. The van der Waals surface area contributed by atoms with Gasteiger partial charge in [0.05, 0.1) is 17.6 Å². The number of carbonyl (C=O) groups excluding carboxylic acids is 1. The van der Waals surface area contributed by atoms with Crippen LogP contribution in [0.15, 0.2) is 16.6 Å². The first-order chi connectivity index (χ1) is 9.73. The number of halogens is 1. The first kappa shape index (κ1) is 16.1. The summed E-state index contributed by atoms with van der Waals surface area (Å²) in [6, 6.07) is 4.07. The topological polar surface area (TPSA) is 38.8 Å². The molecule has 116 valence electrons. The SMILES string of the molecule is COc1cc2c(cc1Br)C(C)N(C(=O)OC(C)(C)C)CC2. The summed E-state index contributed by atoms with van der Waals surface area (Å²) in [4.78, 5) is 14.1. The molecular weight excluding hydrogens is 334 g/mol. The van der Waals surface area contributed by atoms with Gasteiger partial charge in [0.25, 0.3) is 0 Å². The van der Waals surface area contributed by atoms with Gasteiger partial charge in [-0.25, -0.2) is 4.79 Å². The van der Waals surface area contributed by atoms with Gasteiger partial charge in [0, 0.05) is 6.54 Å². The molecule has 0 saturated carbocycles. The standard InChI is InChI=1S/C16H22BrNO3/c1-10-12-9-13(17)14(20-5)8-11(12)6-7-18(10)15(19)21-16(2,3)4/h8-10H,6-7H2,1-5H3. The van der Waals surface area contributed by atoms with Gasteiger partial charge in [-0.3, -0.25) is 0 Å². The van der Waals surface area contributed by atoms with Crippen LogP contribution in [-0.2, 0) is 11.2 Å². The molecule has 0 bridgehead atoms. The molecule has 1 atom stereocenters. The van der Waals surface area contributed by atoms with E-state index in [0.717, 1.165) is 22.2 Å². The van der Waals surface area contributed by atoms with E-state index in [0.29, 0.717) is 6.54 Å². The monoisotopic (exact) mass is 355 g/mol. The lowest BCUT2D eigenvalue weighted by Crippen LogP contribution is -2.42. The van der Waals surface area contributed by atoms with Crippen molar-refractivity contribution in [2.24, 2.45) is 0 Å². The van der Waals surface area contributed by atoms with Gasteiger partial charge in [-0.05, 0) is 73.3 Å². The summed E-state index contributed by atoms with van der Waals surface area (Å²) in [5.41, 5.74) is 1.89. The number of fused-ring (bicyclic) bond motifs is 1. The number of benzene rings is 1. The van der Waals surface area contributed by atoms with E-state index in [1.54, 1.807) is 12.0 Å². The Morgan fingerprint density at radius 2 is 2.05 bits per heavy atom. The molecule has 1 aliphatic rings. The van der Waals surface area contributed by atoms with Gasteiger partial charge in [0.15, 0.2) is 0 Å². The highest BCUT2D eigenvalue weighted by Gasteiger charge is 2.31. The summed E-state index contributed by atoms with van der Waals surface area (Å²) in [5.74, 6) is 0.826. The van der Waals surface area contributed by atoms with E-state index in [1.807, 2.05) is 39.8 Å². The van der Waals surface area contributed by atoms with Crippen LogP contribution in [0.5, 0.6) is 5.75 Å². The van der Waals surface area contributed by atoms with E-state index in [2.05, 4.69) is 15.9 Å². The summed E-state index contributed by atoms with van der Waals surface area (Å²) in [6.07, 6.45) is 0.551. The number of hydrogen-bond acceptors (Lipinski definition) is 3. The van der Waals surface area contributed by atoms with Crippen molar-refractivity contribution in [1.29, 1.82) is 0 Å². The number of rotatable bonds is 1. The minimum atomic E-state index is -0.475. The molecular formula is C16H22BrNO3. The summed E-state index contributed by atoms with van der Waals surface area (Å²) in [5, 5.41) is 0. The van der Waals surface area contributed by atoms with Gasteiger partial charge in [-0.1, -0.05) is 0 Å². The largest absolute Gasteiger partial charge is 0.496 e. The molecule has 0 aliphatic carbocycles. The van der Waals surface area contributed by atoms with Crippen LogP contribution in [-0.4, -0.2) is 30.2 Å². The molecule has 1 aromatic rings. The Bertz CT molecular complexity index is 551. The van der Waals surface area contributed by atoms with Crippen molar-refractivity contribution in [2.75, 3.05) is 13.7 Å². The highest BCUT2D eigenvalue weighted by atomic mass is 79.9. The van der Waals surface area contributed by atoms with E-state index < -0.39 is 5.60 Å².